The first-order valence-corrected chi connectivity index (χ1v) is 9.20. The molecule has 0 aliphatic heterocycles. The van der Waals surface area contributed by atoms with Gasteiger partial charge in [0.15, 0.2) is 0 Å². The molecule has 2 amide bonds. The van der Waals surface area contributed by atoms with E-state index in [0.29, 0.717) is 13.1 Å². The van der Waals surface area contributed by atoms with E-state index in [4.69, 9.17) is 5.10 Å². The maximum Gasteiger partial charge on any atom is 0.317 e. The summed E-state index contributed by atoms with van der Waals surface area (Å²) in [5.41, 5.74) is 6.45. The van der Waals surface area contributed by atoms with Gasteiger partial charge in [0.05, 0.1) is 17.9 Å². The molecule has 27 heavy (non-hydrogen) atoms. The summed E-state index contributed by atoms with van der Waals surface area (Å²) in [6.45, 7) is 7.22. The fourth-order valence-electron chi connectivity index (χ4n) is 2.98. The van der Waals surface area contributed by atoms with E-state index in [1.165, 1.54) is 11.1 Å². The molecule has 2 aromatic carbocycles. The number of hydrogen-bond acceptors (Lipinski definition) is 2. The Morgan fingerprint density at radius 2 is 1.85 bits per heavy atom. The smallest absolute Gasteiger partial charge is 0.317 e. The lowest BCUT2D eigenvalue weighted by molar-refractivity contribution is 0.207. The van der Waals surface area contributed by atoms with Gasteiger partial charge < -0.3 is 10.2 Å². The predicted molar refractivity (Wildman–Crippen MR) is 109 cm³/mol. The van der Waals surface area contributed by atoms with Gasteiger partial charge in [-0.05, 0) is 50.1 Å². The van der Waals surface area contributed by atoms with Gasteiger partial charge in [0.2, 0.25) is 0 Å². The van der Waals surface area contributed by atoms with Crippen molar-refractivity contribution >= 4 is 6.03 Å². The normalized spacial score (nSPS) is 10.7. The van der Waals surface area contributed by atoms with Crippen LogP contribution in [-0.2, 0) is 6.54 Å². The van der Waals surface area contributed by atoms with Crippen LogP contribution in [0.3, 0.4) is 0 Å². The number of aryl methyl sites for hydroxylation is 2. The van der Waals surface area contributed by atoms with Crippen LogP contribution in [0.4, 0.5) is 4.79 Å². The van der Waals surface area contributed by atoms with Crippen LogP contribution in [0.25, 0.3) is 16.9 Å². The highest BCUT2D eigenvalue weighted by molar-refractivity contribution is 5.74. The predicted octanol–water partition coefficient (Wildman–Crippen LogP) is 4.32. The number of aromatic nitrogens is 2. The van der Waals surface area contributed by atoms with Gasteiger partial charge in [0, 0.05) is 30.9 Å². The van der Waals surface area contributed by atoms with Crippen LogP contribution in [0.1, 0.15) is 23.6 Å². The van der Waals surface area contributed by atoms with Crippen molar-refractivity contribution in [1.29, 1.82) is 0 Å². The number of benzene rings is 2. The van der Waals surface area contributed by atoms with Crippen LogP contribution in [0, 0.1) is 13.8 Å². The summed E-state index contributed by atoms with van der Waals surface area (Å²) >= 11 is 0. The van der Waals surface area contributed by atoms with E-state index >= 15 is 0 Å². The van der Waals surface area contributed by atoms with Gasteiger partial charge in [-0.15, -0.1) is 0 Å². The molecule has 140 valence electrons. The molecule has 3 aromatic rings. The van der Waals surface area contributed by atoms with Crippen LogP contribution < -0.4 is 5.32 Å². The monoisotopic (exact) mass is 362 g/mol. The molecule has 1 heterocycles. The highest BCUT2D eigenvalue weighted by Gasteiger charge is 2.16. The lowest BCUT2D eigenvalue weighted by atomic mass is 10.0. The Bertz CT molecular complexity index is 931. The second-order valence-electron chi connectivity index (χ2n) is 6.77. The lowest BCUT2D eigenvalue weighted by Crippen LogP contribution is -2.36. The van der Waals surface area contributed by atoms with Crippen LogP contribution in [0.2, 0.25) is 0 Å². The number of carbonyl (C=O) groups is 1. The Labute approximate surface area is 160 Å². The molecule has 0 aliphatic carbocycles. The molecule has 0 spiro atoms. The van der Waals surface area contributed by atoms with Crippen molar-refractivity contribution in [3.63, 3.8) is 0 Å². The van der Waals surface area contributed by atoms with Gasteiger partial charge in [-0.1, -0.05) is 30.3 Å². The van der Waals surface area contributed by atoms with Crippen LogP contribution in [0.5, 0.6) is 0 Å². The lowest BCUT2D eigenvalue weighted by Gasteiger charge is -2.17. The molecule has 0 aliphatic rings. The molecule has 1 N–H and O–H groups in total. The maximum atomic E-state index is 12.2. The van der Waals surface area contributed by atoms with Crippen molar-refractivity contribution < 1.29 is 4.79 Å². The largest absolute Gasteiger partial charge is 0.338 e. The number of nitrogens with one attached hydrogen (secondary N) is 1. The standard InChI is InChI=1S/C22H26N4O/c1-5-23-22(27)25(4)14-19-15-26(20-9-7-6-8-10-20)24-21(19)18-12-11-16(2)17(3)13-18/h6-13,15H,5,14H2,1-4H3,(H,23,27). The van der Waals surface area contributed by atoms with E-state index in [9.17, 15) is 4.79 Å². The quantitative estimate of drug-likeness (QED) is 0.735. The minimum Gasteiger partial charge on any atom is -0.338 e. The van der Waals surface area contributed by atoms with E-state index in [0.717, 1.165) is 22.5 Å². The fraction of sp³-hybridized carbons (Fsp3) is 0.273. The number of amides is 2. The third-order valence-corrected chi connectivity index (χ3v) is 4.67. The zero-order valence-corrected chi connectivity index (χ0v) is 16.4. The molecule has 0 saturated carbocycles. The number of urea groups is 1. The highest BCUT2D eigenvalue weighted by atomic mass is 16.2. The summed E-state index contributed by atoms with van der Waals surface area (Å²) in [5.74, 6) is 0. The summed E-state index contributed by atoms with van der Waals surface area (Å²) in [7, 11) is 1.80. The summed E-state index contributed by atoms with van der Waals surface area (Å²) in [4.78, 5) is 13.8. The molecule has 0 atom stereocenters. The van der Waals surface area contributed by atoms with Crippen LogP contribution in [-0.4, -0.2) is 34.3 Å². The first-order chi connectivity index (χ1) is 13.0. The van der Waals surface area contributed by atoms with Crippen molar-refractivity contribution in [3.8, 4) is 16.9 Å². The van der Waals surface area contributed by atoms with Gasteiger partial charge in [-0.3, -0.25) is 0 Å². The minimum absolute atomic E-state index is 0.0870. The molecule has 0 bridgehead atoms. The van der Waals surface area contributed by atoms with Gasteiger partial charge in [0.1, 0.15) is 0 Å². The number of carbonyl (C=O) groups excluding carboxylic acids is 1. The van der Waals surface area contributed by atoms with E-state index in [1.807, 2.05) is 48.1 Å². The molecule has 5 nitrogen and oxygen atoms in total. The van der Waals surface area contributed by atoms with E-state index in [1.54, 1.807) is 11.9 Å². The molecular weight excluding hydrogens is 336 g/mol. The fourth-order valence-corrected chi connectivity index (χ4v) is 2.98. The van der Waals surface area contributed by atoms with E-state index in [2.05, 4.69) is 37.4 Å². The molecule has 5 heteroatoms. The Balaban J connectivity index is 2.02. The SMILES string of the molecule is CCNC(=O)N(C)Cc1cn(-c2ccccc2)nc1-c1ccc(C)c(C)c1. The molecule has 0 radical (unpaired) electrons. The first kappa shape index (κ1) is 18.7. The van der Waals surface area contributed by atoms with Crippen molar-refractivity contribution in [2.75, 3.05) is 13.6 Å². The minimum atomic E-state index is -0.0870. The second kappa shape index (κ2) is 8.08. The molecule has 3 rings (SSSR count). The van der Waals surface area contributed by atoms with Crippen LogP contribution >= 0.6 is 0 Å². The number of rotatable bonds is 5. The zero-order chi connectivity index (χ0) is 19.4. The van der Waals surface area contributed by atoms with E-state index in [-0.39, 0.29) is 6.03 Å². The number of para-hydroxylation sites is 1. The maximum absolute atomic E-state index is 12.2. The van der Waals surface area contributed by atoms with Crippen LogP contribution in [0.15, 0.2) is 54.7 Å². The molecule has 1 aromatic heterocycles. The topological polar surface area (TPSA) is 50.2 Å². The van der Waals surface area contributed by atoms with Gasteiger partial charge in [0.25, 0.3) is 0 Å². The van der Waals surface area contributed by atoms with Crippen molar-refractivity contribution in [3.05, 3.63) is 71.4 Å². The number of hydrogen-bond donors (Lipinski definition) is 1. The highest BCUT2D eigenvalue weighted by Crippen LogP contribution is 2.26. The molecule has 0 unspecified atom stereocenters. The summed E-state index contributed by atoms with van der Waals surface area (Å²) in [6, 6.07) is 16.3. The Morgan fingerprint density at radius 3 is 2.52 bits per heavy atom. The van der Waals surface area contributed by atoms with E-state index < -0.39 is 0 Å². The van der Waals surface area contributed by atoms with Crippen molar-refractivity contribution in [2.45, 2.75) is 27.3 Å². The third kappa shape index (κ3) is 4.19. The molecule has 0 saturated heterocycles. The summed E-state index contributed by atoms with van der Waals surface area (Å²) in [6.07, 6.45) is 2.01. The summed E-state index contributed by atoms with van der Waals surface area (Å²) in [5, 5.41) is 7.68. The molecular formula is C22H26N4O. The number of nitrogens with zero attached hydrogens (tertiary/aromatic N) is 3. The first-order valence-electron chi connectivity index (χ1n) is 9.20. The van der Waals surface area contributed by atoms with Gasteiger partial charge >= 0.3 is 6.03 Å². The Kier molecular flexibility index (Phi) is 5.60. The van der Waals surface area contributed by atoms with Crippen molar-refractivity contribution in [1.82, 2.24) is 20.0 Å². The average molecular weight is 362 g/mol. The summed E-state index contributed by atoms with van der Waals surface area (Å²) < 4.78 is 1.88. The molecule has 0 fully saturated rings. The van der Waals surface area contributed by atoms with Gasteiger partial charge in [-0.2, -0.15) is 5.10 Å². The van der Waals surface area contributed by atoms with Gasteiger partial charge in [-0.25, -0.2) is 9.48 Å². The zero-order valence-electron chi connectivity index (χ0n) is 16.4. The van der Waals surface area contributed by atoms with Crippen molar-refractivity contribution in [2.24, 2.45) is 0 Å². The second-order valence-corrected chi connectivity index (χ2v) is 6.77. The average Bonchev–Trinajstić information content (AvgIpc) is 3.08. The Hall–Kier alpha value is -3.08. The third-order valence-electron chi connectivity index (χ3n) is 4.67. The Morgan fingerprint density at radius 1 is 1.11 bits per heavy atom.